The Morgan fingerprint density at radius 1 is 1.12 bits per heavy atom. The fraction of sp³-hybridized carbons (Fsp3) is 0.467. The molecule has 0 heterocycles. The standard InChI is InChI=1S/C15H19N/c1-2-6-15(13-7-8-13)12(4-1)5-3-11-16-14-9-10-14/h1-6,13-14,16H,7-11H2. The van der Waals surface area contributed by atoms with Crippen molar-refractivity contribution in [2.45, 2.75) is 37.6 Å². The predicted molar refractivity (Wildman–Crippen MR) is 68.5 cm³/mol. The van der Waals surface area contributed by atoms with Crippen molar-refractivity contribution in [3.63, 3.8) is 0 Å². The van der Waals surface area contributed by atoms with Gasteiger partial charge < -0.3 is 5.32 Å². The molecule has 0 radical (unpaired) electrons. The summed E-state index contributed by atoms with van der Waals surface area (Å²) in [6.07, 6.45) is 10.0. The highest BCUT2D eigenvalue weighted by Crippen LogP contribution is 2.41. The monoisotopic (exact) mass is 213 g/mol. The van der Waals surface area contributed by atoms with E-state index in [9.17, 15) is 0 Å². The molecule has 0 unspecified atom stereocenters. The SMILES string of the molecule is C(=Cc1ccccc1C1CC1)CNC1CC1. The lowest BCUT2D eigenvalue weighted by Gasteiger charge is -2.03. The molecule has 0 aliphatic heterocycles. The summed E-state index contributed by atoms with van der Waals surface area (Å²) in [7, 11) is 0. The molecule has 0 saturated heterocycles. The molecule has 1 heteroatoms. The highest BCUT2D eigenvalue weighted by atomic mass is 14.9. The van der Waals surface area contributed by atoms with Crippen LogP contribution in [0, 0.1) is 0 Å². The lowest BCUT2D eigenvalue weighted by atomic mass is 10.0. The van der Waals surface area contributed by atoms with Gasteiger partial charge in [-0.3, -0.25) is 0 Å². The van der Waals surface area contributed by atoms with Crippen LogP contribution in [0.3, 0.4) is 0 Å². The normalized spacial score (nSPS) is 20.5. The molecule has 0 amide bonds. The number of hydrogen-bond donors (Lipinski definition) is 1. The van der Waals surface area contributed by atoms with E-state index in [0.717, 1.165) is 18.5 Å². The number of benzene rings is 1. The van der Waals surface area contributed by atoms with Gasteiger partial charge in [0.25, 0.3) is 0 Å². The Kier molecular flexibility index (Phi) is 2.79. The maximum absolute atomic E-state index is 3.50. The fourth-order valence-electron chi connectivity index (χ4n) is 2.14. The van der Waals surface area contributed by atoms with Crippen molar-refractivity contribution >= 4 is 6.08 Å². The zero-order valence-corrected chi connectivity index (χ0v) is 9.65. The first-order valence-corrected chi connectivity index (χ1v) is 6.42. The molecule has 1 aromatic carbocycles. The molecular formula is C15H19N. The van der Waals surface area contributed by atoms with Crippen LogP contribution < -0.4 is 5.32 Å². The maximum Gasteiger partial charge on any atom is 0.0140 e. The molecule has 0 atom stereocenters. The van der Waals surface area contributed by atoms with Crippen molar-refractivity contribution < 1.29 is 0 Å². The summed E-state index contributed by atoms with van der Waals surface area (Å²) in [5.41, 5.74) is 2.97. The van der Waals surface area contributed by atoms with E-state index in [-0.39, 0.29) is 0 Å². The molecule has 0 aromatic heterocycles. The van der Waals surface area contributed by atoms with Gasteiger partial charge in [-0.2, -0.15) is 0 Å². The van der Waals surface area contributed by atoms with Crippen LogP contribution in [0.25, 0.3) is 6.08 Å². The summed E-state index contributed by atoms with van der Waals surface area (Å²) in [5, 5.41) is 3.50. The average molecular weight is 213 g/mol. The van der Waals surface area contributed by atoms with Crippen LogP contribution in [0.5, 0.6) is 0 Å². The van der Waals surface area contributed by atoms with E-state index < -0.39 is 0 Å². The Balaban J connectivity index is 1.62. The molecule has 0 bridgehead atoms. The summed E-state index contributed by atoms with van der Waals surface area (Å²) in [6.45, 7) is 1.02. The summed E-state index contributed by atoms with van der Waals surface area (Å²) >= 11 is 0. The molecule has 3 rings (SSSR count). The second-order valence-corrected chi connectivity index (χ2v) is 4.99. The summed E-state index contributed by atoms with van der Waals surface area (Å²) in [5.74, 6) is 0.845. The third-order valence-corrected chi connectivity index (χ3v) is 3.41. The molecule has 2 aliphatic carbocycles. The van der Waals surface area contributed by atoms with Crippen LogP contribution >= 0.6 is 0 Å². The molecule has 1 N–H and O–H groups in total. The topological polar surface area (TPSA) is 12.0 Å². The molecule has 2 aliphatic rings. The van der Waals surface area contributed by atoms with E-state index >= 15 is 0 Å². The van der Waals surface area contributed by atoms with Crippen molar-refractivity contribution in [3.8, 4) is 0 Å². The van der Waals surface area contributed by atoms with Crippen molar-refractivity contribution in [1.29, 1.82) is 0 Å². The van der Waals surface area contributed by atoms with Gasteiger partial charge in [-0.25, -0.2) is 0 Å². The Morgan fingerprint density at radius 2 is 1.94 bits per heavy atom. The van der Waals surface area contributed by atoms with Crippen LogP contribution in [0.2, 0.25) is 0 Å². The second-order valence-electron chi connectivity index (χ2n) is 4.99. The van der Waals surface area contributed by atoms with E-state index in [4.69, 9.17) is 0 Å². The molecule has 0 spiro atoms. The smallest absolute Gasteiger partial charge is 0.0140 e. The molecule has 84 valence electrons. The van der Waals surface area contributed by atoms with Gasteiger partial charge in [0.2, 0.25) is 0 Å². The Labute approximate surface area is 97.6 Å². The Bertz CT molecular complexity index is 386. The first-order chi connectivity index (χ1) is 7.93. The Hall–Kier alpha value is -1.08. The zero-order chi connectivity index (χ0) is 10.8. The summed E-state index contributed by atoms with van der Waals surface area (Å²) in [4.78, 5) is 0. The quantitative estimate of drug-likeness (QED) is 0.791. The van der Waals surface area contributed by atoms with Gasteiger partial charge in [-0.15, -0.1) is 0 Å². The third kappa shape index (κ3) is 2.53. The third-order valence-electron chi connectivity index (χ3n) is 3.41. The highest BCUT2D eigenvalue weighted by Gasteiger charge is 2.24. The molecule has 2 fully saturated rings. The Morgan fingerprint density at radius 3 is 2.69 bits per heavy atom. The van der Waals surface area contributed by atoms with Crippen LogP contribution in [-0.4, -0.2) is 12.6 Å². The first-order valence-electron chi connectivity index (χ1n) is 6.42. The van der Waals surface area contributed by atoms with E-state index in [0.29, 0.717) is 0 Å². The fourth-order valence-corrected chi connectivity index (χ4v) is 2.14. The molecule has 1 nitrogen and oxygen atoms in total. The van der Waals surface area contributed by atoms with Gasteiger partial charge in [0.05, 0.1) is 0 Å². The maximum atomic E-state index is 3.50. The van der Waals surface area contributed by atoms with Gasteiger partial charge >= 0.3 is 0 Å². The summed E-state index contributed by atoms with van der Waals surface area (Å²) < 4.78 is 0. The largest absolute Gasteiger partial charge is 0.311 e. The van der Waals surface area contributed by atoms with Crippen LogP contribution in [0.1, 0.15) is 42.7 Å². The molecular weight excluding hydrogens is 194 g/mol. The zero-order valence-electron chi connectivity index (χ0n) is 9.65. The van der Waals surface area contributed by atoms with E-state index in [1.54, 1.807) is 5.56 Å². The summed E-state index contributed by atoms with van der Waals surface area (Å²) in [6, 6.07) is 9.63. The van der Waals surface area contributed by atoms with Crippen LogP contribution in [0.4, 0.5) is 0 Å². The minimum absolute atomic E-state index is 0.809. The van der Waals surface area contributed by atoms with Gasteiger partial charge in [-0.05, 0) is 42.7 Å². The van der Waals surface area contributed by atoms with Crippen molar-refractivity contribution in [2.24, 2.45) is 0 Å². The average Bonchev–Trinajstić information content (AvgIpc) is 3.17. The first kappa shape index (κ1) is 10.1. The number of nitrogens with one attached hydrogen (secondary N) is 1. The van der Waals surface area contributed by atoms with Crippen molar-refractivity contribution in [1.82, 2.24) is 5.32 Å². The molecule has 16 heavy (non-hydrogen) atoms. The lowest BCUT2D eigenvalue weighted by Crippen LogP contribution is -2.15. The van der Waals surface area contributed by atoms with Gasteiger partial charge in [0.1, 0.15) is 0 Å². The second kappa shape index (κ2) is 4.42. The van der Waals surface area contributed by atoms with Crippen LogP contribution in [-0.2, 0) is 0 Å². The molecule has 2 saturated carbocycles. The lowest BCUT2D eigenvalue weighted by molar-refractivity contribution is 0.754. The van der Waals surface area contributed by atoms with Crippen molar-refractivity contribution in [2.75, 3.05) is 6.54 Å². The van der Waals surface area contributed by atoms with Crippen LogP contribution in [0.15, 0.2) is 30.3 Å². The van der Waals surface area contributed by atoms with Gasteiger partial charge in [0, 0.05) is 12.6 Å². The number of hydrogen-bond acceptors (Lipinski definition) is 1. The van der Waals surface area contributed by atoms with E-state index in [1.807, 2.05) is 0 Å². The van der Waals surface area contributed by atoms with Gasteiger partial charge in [0.15, 0.2) is 0 Å². The number of rotatable bonds is 5. The predicted octanol–water partition coefficient (Wildman–Crippen LogP) is 3.33. The van der Waals surface area contributed by atoms with E-state index in [2.05, 4.69) is 41.7 Å². The molecule has 1 aromatic rings. The minimum atomic E-state index is 0.809. The van der Waals surface area contributed by atoms with Crippen molar-refractivity contribution in [3.05, 3.63) is 41.5 Å². The highest BCUT2D eigenvalue weighted by molar-refractivity contribution is 5.55. The van der Waals surface area contributed by atoms with E-state index in [1.165, 1.54) is 31.2 Å². The minimum Gasteiger partial charge on any atom is -0.311 e. The van der Waals surface area contributed by atoms with Gasteiger partial charge in [-0.1, -0.05) is 36.4 Å².